The maximum Gasteiger partial charge on any atom is 0.309 e. The first kappa shape index (κ1) is 9.52. The molecule has 70 valence electrons. The minimum Gasteiger partial charge on any atom is -0.466 e. The zero-order valence-corrected chi connectivity index (χ0v) is 7.83. The summed E-state index contributed by atoms with van der Waals surface area (Å²) in [6.45, 7) is 6.26. The highest BCUT2D eigenvalue weighted by Gasteiger charge is 2.62. The smallest absolute Gasteiger partial charge is 0.309 e. The molecule has 0 radical (unpaired) electrons. The SMILES string of the molecule is CCOC(=O)[C@@H]1[C@@H](CO)C1(C)C. The molecule has 0 bridgehead atoms. The molecule has 0 aliphatic heterocycles. The highest BCUT2D eigenvalue weighted by atomic mass is 16.5. The van der Waals surface area contributed by atoms with Gasteiger partial charge in [0, 0.05) is 12.5 Å². The molecule has 0 amide bonds. The molecular weight excluding hydrogens is 156 g/mol. The van der Waals surface area contributed by atoms with Gasteiger partial charge in [-0.3, -0.25) is 4.79 Å². The van der Waals surface area contributed by atoms with Crippen molar-refractivity contribution in [3.05, 3.63) is 0 Å². The van der Waals surface area contributed by atoms with Crippen molar-refractivity contribution in [2.75, 3.05) is 13.2 Å². The van der Waals surface area contributed by atoms with Crippen LogP contribution < -0.4 is 0 Å². The van der Waals surface area contributed by atoms with Gasteiger partial charge in [0.1, 0.15) is 0 Å². The first-order chi connectivity index (χ1) is 5.55. The summed E-state index contributed by atoms with van der Waals surface area (Å²) in [5.41, 5.74) is -0.0684. The first-order valence-electron chi connectivity index (χ1n) is 4.33. The van der Waals surface area contributed by atoms with Crippen molar-refractivity contribution in [1.82, 2.24) is 0 Å². The lowest BCUT2D eigenvalue weighted by atomic mass is 10.1. The van der Waals surface area contributed by atoms with Crippen LogP contribution in [0.4, 0.5) is 0 Å². The Bertz CT molecular complexity index is 186. The van der Waals surface area contributed by atoms with Crippen molar-refractivity contribution in [2.45, 2.75) is 20.8 Å². The molecule has 1 saturated carbocycles. The number of esters is 1. The molecule has 3 nitrogen and oxygen atoms in total. The standard InChI is InChI=1S/C9H16O3/c1-4-12-8(11)7-6(5-10)9(7,2)3/h6-7,10H,4-5H2,1-3H3/t6-,7+/m1/s1. The summed E-state index contributed by atoms with van der Waals surface area (Å²) in [4.78, 5) is 11.3. The molecule has 1 N–H and O–H groups in total. The average Bonchev–Trinajstić information content (AvgIpc) is 2.53. The molecule has 12 heavy (non-hydrogen) atoms. The van der Waals surface area contributed by atoms with E-state index in [2.05, 4.69) is 0 Å². The highest BCUT2D eigenvalue weighted by Crippen LogP contribution is 2.58. The first-order valence-corrected chi connectivity index (χ1v) is 4.33. The van der Waals surface area contributed by atoms with E-state index in [0.29, 0.717) is 6.61 Å². The topological polar surface area (TPSA) is 46.5 Å². The highest BCUT2D eigenvalue weighted by molar-refractivity contribution is 5.77. The summed E-state index contributed by atoms with van der Waals surface area (Å²) in [5.74, 6) is -0.166. The van der Waals surface area contributed by atoms with Crippen molar-refractivity contribution in [1.29, 1.82) is 0 Å². The summed E-state index contributed by atoms with van der Waals surface area (Å²) in [6, 6.07) is 0. The fourth-order valence-electron chi connectivity index (χ4n) is 1.78. The molecule has 0 aromatic rings. The van der Waals surface area contributed by atoms with Gasteiger partial charge in [-0.05, 0) is 12.3 Å². The second-order valence-electron chi connectivity index (χ2n) is 3.84. The quantitative estimate of drug-likeness (QED) is 0.641. The Hall–Kier alpha value is -0.570. The molecule has 1 fully saturated rings. The van der Waals surface area contributed by atoms with E-state index in [0.717, 1.165) is 0 Å². The summed E-state index contributed by atoms with van der Waals surface area (Å²) in [7, 11) is 0. The lowest BCUT2D eigenvalue weighted by Crippen LogP contribution is -2.10. The zero-order valence-electron chi connectivity index (χ0n) is 7.83. The minimum atomic E-state index is -0.165. The average molecular weight is 172 g/mol. The number of hydrogen-bond donors (Lipinski definition) is 1. The van der Waals surface area contributed by atoms with Crippen LogP contribution in [0.1, 0.15) is 20.8 Å². The Morgan fingerprint density at radius 2 is 2.17 bits per heavy atom. The third-order valence-corrected chi connectivity index (χ3v) is 2.79. The number of rotatable bonds is 3. The summed E-state index contributed by atoms with van der Waals surface area (Å²) in [6.07, 6.45) is 0. The maximum absolute atomic E-state index is 11.3. The van der Waals surface area contributed by atoms with Crippen molar-refractivity contribution in [2.24, 2.45) is 17.3 Å². The largest absolute Gasteiger partial charge is 0.466 e. The van der Waals surface area contributed by atoms with Gasteiger partial charge in [0.2, 0.25) is 0 Å². The summed E-state index contributed by atoms with van der Waals surface area (Å²) >= 11 is 0. The van der Waals surface area contributed by atoms with Crippen LogP contribution >= 0.6 is 0 Å². The monoisotopic (exact) mass is 172 g/mol. The van der Waals surface area contributed by atoms with Crippen molar-refractivity contribution in [3.63, 3.8) is 0 Å². The van der Waals surface area contributed by atoms with Crippen LogP contribution in [0.5, 0.6) is 0 Å². The van der Waals surface area contributed by atoms with Gasteiger partial charge in [-0.1, -0.05) is 13.8 Å². The van der Waals surface area contributed by atoms with Crippen molar-refractivity contribution >= 4 is 5.97 Å². The molecule has 2 atom stereocenters. The van der Waals surface area contributed by atoms with E-state index in [4.69, 9.17) is 9.84 Å². The zero-order chi connectivity index (χ0) is 9.35. The Kier molecular flexibility index (Phi) is 2.42. The molecule has 0 unspecified atom stereocenters. The second-order valence-corrected chi connectivity index (χ2v) is 3.84. The van der Waals surface area contributed by atoms with E-state index in [9.17, 15) is 4.79 Å². The number of ether oxygens (including phenoxy) is 1. The van der Waals surface area contributed by atoms with Crippen LogP contribution in [0.25, 0.3) is 0 Å². The molecule has 0 aromatic heterocycles. The summed E-state index contributed by atoms with van der Waals surface area (Å²) < 4.78 is 4.88. The van der Waals surface area contributed by atoms with E-state index in [1.54, 1.807) is 6.92 Å². The van der Waals surface area contributed by atoms with Gasteiger partial charge in [-0.15, -0.1) is 0 Å². The van der Waals surface area contributed by atoms with Crippen LogP contribution in [0, 0.1) is 17.3 Å². The third kappa shape index (κ3) is 1.33. The number of aliphatic hydroxyl groups excluding tert-OH is 1. The number of aliphatic hydroxyl groups is 1. The molecule has 0 aromatic carbocycles. The minimum absolute atomic E-state index is 0.0684. The lowest BCUT2D eigenvalue weighted by molar-refractivity contribution is -0.145. The Morgan fingerprint density at radius 1 is 1.58 bits per heavy atom. The normalized spacial score (nSPS) is 31.3. The number of carbonyl (C=O) groups is 1. The van der Waals surface area contributed by atoms with Gasteiger partial charge in [0.05, 0.1) is 12.5 Å². The molecule has 0 saturated heterocycles. The van der Waals surface area contributed by atoms with Crippen LogP contribution in [-0.2, 0) is 9.53 Å². The Balaban J connectivity index is 2.51. The number of hydrogen-bond acceptors (Lipinski definition) is 3. The van der Waals surface area contributed by atoms with Crippen LogP contribution in [0.2, 0.25) is 0 Å². The van der Waals surface area contributed by atoms with Crippen LogP contribution in [0.3, 0.4) is 0 Å². The molecular formula is C9H16O3. The van der Waals surface area contributed by atoms with E-state index >= 15 is 0 Å². The van der Waals surface area contributed by atoms with Crippen molar-refractivity contribution < 1.29 is 14.6 Å². The maximum atomic E-state index is 11.3. The van der Waals surface area contributed by atoms with Crippen LogP contribution in [-0.4, -0.2) is 24.3 Å². The van der Waals surface area contributed by atoms with Gasteiger partial charge in [-0.2, -0.15) is 0 Å². The van der Waals surface area contributed by atoms with E-state index in [1.165, 1.54) is 0 Å². The van der Waals surface area contributed by atoms with E-state index in [1.807, 2.05) is 13.8 Å². The fraction of sp³-hybridized carbons (Fsp3) is 0.889. The third-order valence-electron chi connectivity index (χ3n) is 2.79. The summed E-state index contributed by atoms with van der Waals surface area (Å²) in [5, 5.41) is 8.92. The second kappa shape index (κ2) is 3.05. The van der Waals surface area contributed by atoms with Gasteiger partial charge >= 0.3 is 5.97 Å². The predicted molar refractivity (Wildman–Crippen MR) is 44.5 cm³/mol. The molecule has 1 aliphatic rings. The van der Waals surface area contributed by atoms with Crippen molar-refractivity contribution in [3.8, 4) is 0 Å². The molecule has 3 heteroatoms. The van der Waals surface area contributed by atoms with Gasteiger partial charge in [0.25, 0.3) is 0 Å². The predicted octanol–water partition coefficient (Wildman–Crippen LogP) is 0.814. The fourth-order valence-corrected chi connectivity index (χ4v) is 1.78. The molecule has 0 heterocycles. The van der Waals surface area contributed by atoms with E-state index in [-0.39, 0.29) is 29.8 Å². The van der Waals surface area contributed by atoms with Gasteiger partial charge in [-0.25, -0.2) is 0 Å². The lowest BCUT2D eigenvalue weighted by Gasteiger charge is -2.01. The Morgan fingerprint density at radius 3 is 2.50 bits per heavy atom. The van der Waals surface area contributed by atoms with E-state index < -0.39 is 0 Å². The molecule has 0 spiro atoms. The number of carbonyl (C=O) groups excluding carboxylic acids is 1. The molecule has 1 aliphatic carbocycles. The van der Waals surface area contributed by atoms with Crippen LogP contribution in [0.15, 0.2) is 0 Å². The van der Waals surface area contributed by atoms with Gasteiger partial charge < -0.3 is 9.84 Å². The van der Waals surface area contributed by atoms with Gasteiger partial charge in [0.15, 0.2) is 0 Å². The molecule has 1 rings (SSSR count). The Labute approximate surface area is 72.7 Å².